The molecule has 1 aliphatic rings. The molecule has 0 aromatic carbocycles. The Bertz CT molecular complexity index is 525. The standard InChI is InChI=1S/C14H20N4OS/c1-2-7-16-11-6-4-3-5-10(11)14-17-13(18-19-14)12-8-15-9-20-12/h8-11,16H,2-7H2,1H3. The highest BCUT2D eigenvalue weighted by Crippen LogP contribution is 2.33. The Labute approximate surface area is 122 Å². The van der Waals surface area contributed by atoms with E-state index >= 15 is 0 Å². The topological polar surface area (TPSA) is 63.8 Å². The van der Waals surface area contributed by atoms with Crippen molar-refractivity contribution in [1.82, 2.24) is 20.4 Å². The number of nitrogens with one attached hydrogen (secondary N) is 1. The van der Waals surface area contributed by atoms with Crippen LogP contribution in [0.2, 0.25) is 0 Å². The van der Waals surface area contributed by atoms with Crippen LogP contribution in [0.3, 0.4) is 0 Å². The number of rotatable bonds is 5. The summed E-state index contributed by atoms with van der Waals surface area (Å²) in [4.78, 5) is 9.61. The van der Waals surface area contributed by atoms with Gasteiger partial charge in [-0.05, 0) is 25.8 Å². The van der Waals surface area contributed by atoms with E-state index in [4.69, 9.17) is 4.52 Å². The van der Waals surface area contributed by atoms with Gasteiger partial charge in [0.25, 0.3) is 0 Å². The number of hydrogen-bond acceptors (Lipinski definition) is 6. The van der Waals surface area contributed by atoms with Gasteiger partial charge < -0.3 is 9.84 Å². The van der Waals surface area contributed by atoms with E-state index in [1.165, 1.54) is 30.6 Å². The minimum Gasteiger partial charge on any atom is -0.339 e. The Morgan fingerprint density at radius 1 is 1.40 bits per heavy atom. The smallest absolute Gasteiger partial charge is 0.231 e. The molecule has 3 rings (SSSR count). The van der Waals surface area contributed by atoms with Crippen LogP contribution in [-0.4, -0.2) is 27.7 Å². The molecule has 0 amide bonds. The maximum Gasteiger partial charge on any atom is 0.231 e. The summed E-state index contributed by atoms with van der Waals surface area (Å²) < 4.78 is 5.52. The van der Waals surface area contributed by atoms with Crippen LogP contribution in [0, 0.1) is 0 Å². The second-order valence-electron chi connectivity index (χ2n) is 5.27. The number of aromatic nitrogens is 3. The van der Waals surface area contributed by atoms with Gasteiger partial charge in [-0.3, -0.25) is 4.98 Å². The second kappa shape index (κ2) is 6.45. The van der Waals surface area contributed by atoms with E-state index in [0.29, 0.717) is 17.8 Å². The first kappa shape index (κ1) is 13.7. The molecule has 0 saturated heterocycles. The van der Waals surface area contributed by atoms with Crippen molar-refractivity contribution in [3.63, 3.8) is 0 Å². The molecule has 0 bridgehead atoms. The summed E-state index contributed by atoms with van der Waals surface area (Å²) >= 11 is 1.54. The highest BCUT2D eigenvalue weighted by molar-refractivity contribution is 7.13. The molecular weight excluding hydrogens is 272 g/mol. The summed E-state index contributed by atoms with van der Waals surface area (Å²) in [6, 6.07) is 0.471. The van der Waals surface area contributed by atoms with E-state index in [9.17, 15) is 0 Å². The van der Waals surface area contributed by atoms with Gasteiger partial charge in [-0.15, -0.1) is 11.3 Å². The molecule has 2 atom stereocenters. The molecule has 2 unspecified atom stereocenters. The molecule has 1 fully saturated rings. The average molecular weight is 292 g/mol. The van der Waals surface area contributed by atoms with Crippen LogP contribution in [0.25, 0.3) is 10.7 Å². The molecule has 0 aliphatic heterocycles. The molecule has 0 radical (unpaired) electrons. The first-order valence-electron chi connectivity index (χ1n) is 7.34. The van der Waals surface area contributed by atoms with Crippen molar-refractivity contribution in [2.75, 3.05) is 6.54 Å². The lowest BCUT2D eigenvalue weighted by Gasteiger charge is -2.29. The minimum atomic E-state index is 0.351. The van der Waals surface area contributed by atoms with Gasteiger partial charge in [0.1, 0.15) is 0 Å². The van der Waals surface area contributed by atoms with E-state index in [1.54, 1.807) is 11.7 Å². The highest BCUT2D eigenvalue weighted by Gasteiger charge is 2.30. The van der Waals surface area contributed by atoms with Crippen LogP contribution < -0.4 is 5.32 Å². The predicted octanol–water partition coefficient (Wildman–Crippen LogP) is 3.22. The molecule has 0 spiro atoms. The highest BCUT2D eigenvalue weighted by atomic mass is 32.1. The Morgan fingerprint density at radius 3 is 3.10 bits per heavy atom. The van der Waals surface area contributed by atoms with Crippen molar-refractivity contribution in [3.8, 4) is 10.7 Å². The van der Waals surface area contributed by atoms with Gasteiger partial charge >= 0.3 is 0 Å². The molecule has 1 aliphatic carbocycles. The molecule has 5 nitrogen and oxygen atoms in total. The maximum atomic E-state index is 5.52. The van der Waals surface area contributed by atoms with E-state index in [2.05, 4.69) is 27.4 Å². The SMILES string of the molecule is CCCNC1CCCCC1c1nc(-c2cncs2)no1. The van der Waals surface area contributed by atoms with E-state index < -0.39 is 0 Å². The summed E-state index contributed by atoms with van der Waals surface area (Å²) in [5, 5.41) is 7.73. The zero-order chi connectivity index (χ0) is 13.8. The molecule has 1 saturated carbocycles. The van der Waals surface area contributed by atoms with Crippen LogP contribution >= 0.6 is 11.3 Å². The molecule has 6 heteroatoms. The zero-order valence-electron chi connectivity index (χ0n) is 11.7. The lowest BCUT2D eigenvalue weighted by Crippen LogP contribution is -2.37. The molecule has 108 valence electrons. The van der Waals surface area contributed by atoms with Crippen molar-refractivity contribution in [1.29, 1.82) is 0 Å². The van der Waals surface area contributed by atoms with Crippen LogP contribution in [0.4, 0.5) is 0 Å². The summed E-state index contributed by atoms with van der Waals surface area (Å²) in [6.45, 7) is 3.25. The van der Waals surface area contributed by atoms with Gasteiger partial charge in [-0.2, -0.15) is 4.98 Å². The minimum absolute atomic E-state index is 0.351. The molecular formula is C14H20N4OS. The van der Waals surface area contributed by atoms with Crippen molar-refractivity contribution in [2.24, 2.45) is 0 Å². The van der Waals surface area contributed by atoms with Crippen LogP contribution in [0.5, 0.6) is 0 Å². The van der Waals surface area contributed by atoms with E-state index in [0.717, 1.165) is 30.2 Å². The number of nitrogens with zero attached hydrogens (tertiary/aromatic N) is 3. The third-order valence-electron chi connectivity index (χ3n) is 3.83. The van der Waals surface area contributed by atoms with Gasteiger partial charge in [0.2, 0.25) is 11.7 Å². The van der Waals surface area contributed by atoms with Gasteiger partial charge in [0, 0.05) is 12.2 Å². The zero-order valence-corrected chi connectivity index (χ0v) is 12.5. The Kier molecular flexibility index (Phi) is 4.42. The van der Waals surface area contributed by atoms with Crippen molar-refractivity contribution in [2.45, 2.75) is 51.0 Å². The van der Waals surface area contributed by atoms with Gasteiger partial charge in [-0.1, -0.05) is 24.9 Å². The van der Waals surface area contributed by atoms with E-state index in [-0.39, 0.29) is 0 Å². The van der Waals surface area contributed by atoms with Crippen molar-refractivity contribution >= 4 is 11.3 Å². The molecule has 20 heavy (non-hydrogen) atoms. The molecule has 2 aromatic heterocycles. The van der Waals surface area contributed by atoms with Crippen LogP contribution in [0.1, 0.15) is 50.8 Å². The monoisotopic (exact) mass is 292 g/mol. The van der Waals surface area contributed by atoms with Crippen molar-refractivity contribution < 1.29 is 4.52 Å². The number of hydrogen-bond donors (Lipinski definition) is 1. The van der Waals surface area contributed by atoms with Crippen molar-refractivity contribution in [3.05, 3.63) is 17.6 Å². The second-order valence-corrected chi connectivity index (χ2v) is 6.16. The fraction of sp³-hybridized carbons (Fsp3) is 0.643. The number of thiazole rings is 1. The first-order valence-corrected chi connectivity index (χ1v) is 8.22. The Balaban J connectivity index is 1.76. The summed E-state index contributed by atoms with van der Waals surface area (Å²) in [7, 11) is 0. The summed E-state index contributed by atoms with van der Waals surface area (Å²) in [5.74, 6) is 1.80. The fourth-order valence-corrected chi connectivity index (χ4v) is 3.36. The van der Waals surface area contributed by atoms with E-state index in [1.807, 2.05) is 0 Å². The van der Waals surface area contributed by atoms with Gasteiger partial charge in [0.05, 0.1) is 16.3 Å². The molecule has 2 heterocycles. The summed E-state index contributed by atoms with van der Waals surface area (Å²) in [6.07, 6.45) is 7.79. The average Bonchev–Trinajstić information content (AvgIpc) is 3.15. The Hall–Kier alpha value is -1.27. The largest absolute Gasteiger partial charge is 0.339 e. The summed E-state index contributed by atoms with van der Waals surface area (Å²) in [5.41, 5.74) is 1.79. The lowest BCUT2D eigenvalue weighted by molar-refractivity contribution is 0.263. The first-order chi connectivity index (χ1) is 9.88. The molecule has 1 N–H and O–H groups in total. The quantitative estimate of drug-likeness (QED) is 0.916. The third kappa shape index (κ3) is 2.91. The molecule has 2 aromatic rings. The maximum absolute atomic E-state index is 5.52. The Morgan fingerprint density at radius 2 is 2.30 bits per heavy atom. The fourth-order valence-electron chi connectivity index (χ4n) is 2.81. The van der Waals surface area contributed by atoms with Gasteiger partial charge in [0.15, 0.2) is 0 Å². The van der Waals surface area contributed by atoms with Gasteiger partial charge in [-0.25, -0.2) is 0 Å². The predicted molar refractivity (Wildman–Crippen MR) is 78.7 cm³/mol. The van der Waals surface area contributed by atoms with Crippen LogP contribution in [-0.2, 0) is 0 Å². The lowest BCUT2D eigenvalue weighted by atomic mass is 9.84. The normalized spacial score (nSPS) is 23.1. The van der Waals surface area contributed by atoms with Crippen LogP contribution in [0.15, 0.2) is 16.2 Å². The third-order valence-corrected chi connectivity index (χ3v) is 4.60.